The lowest BCUT2D eigenvalue weighted by Crippen LogP contribution is -1.92. The zero-order chi connectivity index (χ0) is 13.4. The first-order valence-electron chi connectivity index (χ1n) is 5.43. The van der Waals surface area contributed by atoms with Gasteiger partial charge >= 0.3 is 0 Å². The van der Waals surface area contributed by atoms with Crippen LogP contribution >= 0.6 is 38.9 Å². The molecule has 2 heterocycles. The predicted molar refractivity (Wildman–Crippen MR) is 82.1 cm³/mol. The van der Waals surface area contributed by atoms with Crippen LogP contribution in [0.1, 0.15) is 0 Å². The molecule has 0 aliphatic heterocycles. The second-order valence-corrected chi connectivity index (χ2v) is 6.01. The number of ether oxygens (including phenoxy) is 1. The Morgan fingerprint density at radius 1 is 1.26 bits per heavy atom. The Kier molecular flexibility index (Phi) is 3.43. The summed E-state index contributed by atoms with van der Waals surface area (Å²) in [6.45, 7) is 0. The molecule has 0 fully saturated rings. The number of aromatic nitrogens is 2. The van der Waals surface area contributed by atoms with Gasteiger partial charge in [-0.15, -0.1) is 11.3 Å². The van der Waals surface area contributed by atoms with Gasteiger partial charge in [-0.3, -0.25) is 0 Å². The Morgan fingerprint density at radius 3 is 2.89 bits per heavy atom. The van der Waals surface area contributed by atoms with Gasteiger partial charge in [-0.1, -0.05) is 27.5 Å². The minimum Gasteiger partial charge on any atom is -0.495 e. The van der Waals surface area contributed by atoms with Gasteiger partial charge in [-0.05, 0) is 29.6 Å². The third-order valence-corrected chi connectivity index (χ3v) is 4.34. The number of hydrogen-bond donors (Lipinski definition) is 0. The molecule has 3 rings (SSSR count). The molecule has 1 aromatic carbocycles. The predicted octanol–water partition coefficient (Wildman–Crippen LogP) is 4.78. The molecular weight excluding hydrogens is 348 g/mol. The van der Waals surface area contributed by atoms with Crippen LogP contribution in [0, 0.1) is 0 Å². The number of fused-ring (bicyclic) bond motifs is 1. The molecule has 3 aromatic rings. The van der Waals surface area contributed by atoms with E-state index in [4.69, 9.17) is 16.3 Å². The second-order valence-electron chi connectivity index (χ2n) is 3.82. The van der Waals surface area contributed by atoms with Crippen molar-refractivity contribution >= 4 is 49.8 Å². The molecule has 0 N–H and O–H groups in total. The topological polar surface area (TPSA) is 35.0 Å². The number of rotatable bonds is 2. The quantitative estimate of drug-likeness (QED) is 0.620. The van der Waals surface area contributed by atoms with Crippen molar-refractivity contribution in [2.45, 2.75) is 0 Å². The van der Waals surface area contributed by atoms with E-state index < -0.39 is 0 Å². The van der Waals surface area contributed by atoms with Crippen molar-refractivity contribution in [3.63, 3.8) is 0 Å². The first kappa shape index (κ1) is 12.8. The minimum absolute atomic E-state index is 0.441. The van der Waals surface area contributed by atoms with E-state index in [0.717, 1.165) is 26.0 Å². The highest BCUT2D eigenvalue weighted by atomic mass is 79.9. The van der Waals surface area contributed by atoms with Gasteiger partial charge in [0.05, 0.1) is 12.6 Å². The molecule has 0 amide bonds. The smallest absolute Gasteiger partial charge is 0.175 e. The van der Waals surface area contributed by atoms with E-state index in [0.29, 0.717) is 11.0 Å². The van der Waals surface area contributed by atoms with Gasteiger partial charge in [0.15, 0.2) is 5.82 Å². The van der Waals surface area contributed by atoms with Gasteiger partial charge in [0.2, 0.25) is 0 Å². The van der Waals surface area contributed by atoms with Crippen LogP contribution in [-0.4, -0.2) is 17.1 Å². The Morgan fingerprint density at radius 2 is 2.11 bits per heavy atom. The fraction of sp³-hybridized carbons (Fsp3) is 0.0769. The van der Waals surface area contributed by atoms with Crippen LogP contribution in [0.15, 0.2) is 34.1 Å². The summed E-state index contributed by atoms with van der Waals surface area (Å²) in [5.41, 5.74) is 0.814. The number of hydrogen-bond acceptors (Lipinski definition) is 4. The molecule has 0 aliphatic carbocycles. The molecule has 0 atom stereocenters. The van der Waals surface area contributed by atoms with Gasteiger partial charge in [0, 0.05) is 9.86 Å². The summed E-state index contributed by atoms with van der Waals surface area (Å²) in [6.07, 6.45) is 0. The Hall–Kier alpha value is -1.17. The Balaban J connectivity index is 2.24. The average molecular weight is 356 g/mol. The lowest BCUT2D eigenvalue weighted by molar-refractivity contribution is 0.418. The van der Waals surface area contributed by atoms with Crippen molar-refractivity contribution < 1.29 is 4.74 Å². The van der Waals surface area contributed by atoms with Gasteiger partial charge in [-0.25, -0.2) is 9.97 Å². The Labute approximate surface area is 127 Å². The van der Waals surface area contributed by atoms with Crippen LogP contribution in [-0.2, 0) is 0 Å². The zero-order valence-electron chi connectivity index (χ0n) is 9.85. The monoisotopic (exact) mass is 354 g/mol. The van der Waals surface area contributed by atoms with E-state index in [2.05, 4.69) is 25.9 Å². The highest BCUT2D eigenvalue weighted by Crippen LogP contribution is 2.35. The molecule has 0 aliphatic rings. The maximum absolute atomic E-state index is 6.24. The van der Waals surface area contributed by atoms with Crippen LogP contribution in [0.25, 0.3) is 21.6 Å². The molecule has 0 saturated carbocycles. The first-order chi connectivity index (χ1) is 9.19. The van der Waals surface area contributed by atoms with E-state index in [9.17, 15) is 0 Å². The molecule has 0 spiro atoms. The largest absolute Gasteiger partial charge is 0.495 e. The van der Waals surface area contributed by atoms with E-state index in [1.807, 2.05) is 29.6 Å². The molecule has 96 valence electrons. The van der Waals surface area contributed by atoms with Gasteiger partial charge < -0.3 is 4.74 Å². The molecule has 0 bridgehead atoms. The molecule has 2 aromatic heterocycles. The summed E-state index contributed by atoms with van der Waals surface area (Å²) < 4.78 is 6.24. The number of thiophene rings is 1. The average Bonchev–Trinajstić information content (AvgIpc) is 2.87. The van der Waals surface area contributed by atoms with Crippen molar-refractivity contribution in [3.8, 4) is 16.5 Å². The van der Waals surface area contributed by atoms with E-state index in [1.54, 1.807) is 7.11 Å². The highest BCUT2D eigenvalue weighted by molar-refractivity contribution is 9.10. The number of benzene rings is 1. The lowest BCUT2D eigenvalue weighted by atomic mass is 10.2. The first-order valence-corrected chi connectivity index (χ1v) is 7.49. The summed E-state index contributed by atoms with van der Waals surface area (Å²) in [5, 5.41) is 3.21. The summed E-state index contributed by atoms with van der Waals surface area (Å²) in [4.78, 5) is 9.78. The number of methoxy groups -OCH3 is 1. The van der Waals surface area contributed by atoms with Crippen LogP contribution in [0.4, 0.5) is 0 Å². The molecule has 0 unspecified atom stereocenters. The number of nitrogens with zero attached hydrogens (tertiary/aromatic N) is 2. The fourth-order valence-corrected chi connectivity index (χ4v) is 3.17. The van der Waals surface area contributed by atoms with Crippen molar-refractivity contribution in [1.29, 1.82) is 0 Å². The Bertz CT molecular complexity index is 759. The molecule has 0 saturated heterocycles. The van der Waals surface area contributed by atoms with Gasteiger partial charge in [0.25, 0.3) is 0 Å². The fourth-order valence-electron chi connectivity index (χ4n) is 1.79. The summed E-state index contributed by atoms with van der Waals surface area (Å²) in [6, 6.07) is 7.65. The van der Waals surface area contributed by atoms with E-state index >= 15 is 0 Å². The molecular formula is C13H8BrClN2OS. The van der Waals surface area contributed by atoms with Crippen LogP contribution in [0.5, 0.6) is 5.75 Å². The molecule has 6 heteroatoms. The van der Waals surface area contributed by atoms with Crippen molar-refractivity contribution in [2.24, 2.45) is 0 Å². The molecule has 3 nitrogen and oxygen atoms in total. The standard InChI is InChI=1S/C13H8BrClN2OS/c1-18-10-4-5-19-11(10)13-16-9-3-2-7(14)6-8(9)12(15)17-13/h2-6H,1H3. The van der Waals surface area contributed by atoms with Gasteiger partial charge in [-0.2, -0.15) is 0 Å². The highest BCUT2D eigenvalue weighted by Gasteiger charge is 2.13. The van der Waals surface area contributed by atoms with Crippen molar-refractivity contribution in [2.75, 3.05) is 7.11 Å². The zero-order valence-corrected chi connectivity index (χ0v) is 13.0. The van der Waals surface area contributed by atoms with Crippen molar-refractivity contribution in [1.82, 2.24) is 9.97 Å². The van der Waals surface area contributed by atoms with Crippen LogP contribution in [0.3, 0.4) is 0 Å². The minimum atomic E-state index is 0.441. The van der Waals surface area contributed by atoms with Crippen LogP contribution in [0.2, 0.25) is 5.15 Å². The van der Waals surface area contributed by atoms with Gasteiger partial charge in [0.1, 0.15) is 15.8 Å². The molecule has 19 heavy (non-hydrogen) atoms. The third-order valence-electron chi connectivity index (χ3n) is 2.66. The maximum Gasteiger partial charge on any atom is 0.175 e. The van der Waals surface area contributed by atoms with Crippen LogP contribution < -0.4 is 4.74 Å². The van der Waals surface area contributed by atoms with E-state index in [-0.39, 0.29) is 0 Å². The number of halogens is 2. The lowest BCUT2D eigenvalue weighted by Gasteiger charge is -2.05. The van der Waals surface area contributed by atoms with E-state index in [1.165, 1.54) is 11.3 Å². The maximum atomic E-state index is 6.24. The summed E-state index contributed by atoms with van der Waals surface area (Å²) in [7, 11) is 1.63. The van der Waals surface area contributed by atoms with Crippen molar-refractivity contribution in [3.05, 3.63) is 39.3 Å². The second kappa shape index (κ2) is 5.07. The summed E-state index contributed by atoms with van der Waals surface area (Å²) >= 11 is 11.2. The summed E-state index contributed by atoms with van der Waals surface area (Å²) in [5.74, 6) is 1.35. The SMILES string of the molecule is COc1ccsc1-c1nc(Cl)c2cc(Br)ccc2n1. The normalized spacial score (nSPS) is 10.9. The third kappa shape index (κ3) is 2.33. The molecule has 0 radical (unpaired) electrons.